The molecule has 0 aliphatic heterocycles. The van der Waals surface area contributed by atoms with Crippen molar-refractivity contribution in [2.24, 2.45) is 5.92 Å². The topological polar surface area (TPSA) is 119 Å². The first-order valence-corrected chi connectivity index (χ1v) is 5.23. The number of nitrogens with zero attached hydrogens (tertiary/aromatic N) is 1. The quantitative estimate of drug-likeness (QED) is 0.471. The number of nitro groups is 1. The first kappa shape index (κ1) is 14.4. The van der Waals surface area contributed by atoms with E-state index in [9.17, 15) is 19.7 Å². The summed E-state index contributed by atoms with van der Waals surface area (Å²) in [6.45, 7) is 1.23. The van der Waals surface area contributed by atoms with E-state index in [-0.39, 0.29) is 17.1 Å². The summed E-state index contributed by atoms with van der Waals surface area (Å²) in [7, 11) is 1.29. The van der Waals surface area contributed by atoms with Gasteiger partial charge in [0.2, 0.25) is 5.91 Å². The van der Waals surface area contributed by atoms with Gasteiger partial charge in [-0.25, -0.2) is 0 Å². The van der Waals surface area contributed by atoms with Crippen LogP contribution in [0.15, 0.2) is 18.2 Å². The van der Waals surface area contributed by atoms with Crippen molar-refractivity contribution in [2.45, 2.75) is 6.92 Å². The molecule has 1 atom stereocenters. The highest BCUT2D eigenvalue weighted by atomic mass is 16.6. The Balaban J connectivity index is 2.98. The van der Waals surface area contributed by atoms with Crippen LogP contribution in [0.25, 0.3) is 0 Å². The van der Waals surface area contributed by atoms with E-state index >= 15 is 0 Å². The minimum atomic E-state index is -1.27. The molecule has 1 aromatic carbocycles. The maximum absolute atomic E-state index is 11.6. The van der Waals surface area contributed by atoms with Gasteiger partial charge in [0.05, 0.1) is 23.8 Å². The second-order valence-corrected chi connectivity index (χ2v) is 3.69. The highest BCUT2D eigenvalue weighted by molar-refractivity contribution is 6.04. The molecular weight excluding hydrogens is 256 g/mol. The maximum atomic E-state index is 11.6. The molecule has 0 aromatic heterocycles. The first-order chi connectivity index (χ1) is 8.86. The summed E-state index contributed by atoms with van der Waals surface area (Å²) in [5.74, 6) is -3.15. The van der Waals surface area contributed by atoms with E-state index < -0.39 is 22.7 Å². The number of rotatable bonds is 5. The molecule has 0 radical (unpaired) electrons. The van der Waals surface area contributed by atoms with Crippen LogP contribution < -0.4 is 10.1 Å². The Hall–Kier alpha value is -2.64. The lowest BCUT2D eigenvalue weighted by molar-refractivity contribution is -0.384. The molecule has 19 heavy (non-hydrogen) atoms. The average Bonchev–Trinajstić information content (AvgIpc) is 2.37. The van der Waals surface area contributed by atoms with E-state index in [1.54, 1.807) is 0 Å². The Bertz CT molecular complexity index is 528. The van der Waals surface area contributed by atoms with Crippen LogP contribution in [-0.2, 0) is 9.59 Å². The van der Waals surface area contributed by atoms with Crippen LogP contribution in [0.5, 0.6) is 5.75 Å². The predicted molar refractivity (Wildman–Crippen MR) is 65.1 cm³/mol. The summed E-state index contributed by atoms with van der Waals surface area (Å²) in [6, 6.07) is 3.61. The van der Waals surface area contributed by atoms with E-state index in [4.69, 9.17) is 9.84 Å². The third-order valence-electron chi connectivity index (χ3n) is 2.42. The Morgan fingerprint density at radius 2 is 2.11 bits per heavy atom. The van der Waals surface area contributed by atoms with E-state index in [0.29, 0.717) is 0 Å². The number of amides is 1. The van der Waals surface area contributed by atoms with Gasteiger partial charge in [0.1, 0.15) is 11.7 Å². The molecule has 0 fully saturated rings. The third kappa shape index (κ3) is 3.41. The third-order valence-corrected chi connectivity index (χ3v) is 2.42. The number of ether oxygens (including phenoxy) is 1. The Labute approximate surface area is 108 Å². The second kappa shape index (κ2) is 5.80. The Morgan fingerprint density at radius 3 is 2.58 bits per heavy atom. The normalized spacial score (nSPS) is 11.5. The van der Waals surface area contributed by atoms with Gasteiger partial charge in [-0.3, -0.25) is 19.7 Å². The van der Waals surface area contributed by atoms with Gasteiger partial charge < -0.3 is 15.2 Å². The molecule has 0 aliphatic rings. The number of benzene rings is 1. The summed E-state index contributed by atoms with van der Waals surface area (Å²) < 4.78 is 4.91. The van der Waals surface area contributed by atoms with Crippen molar-refractivity contribution in [3.05, 3.63) is 28.3 Å². The van der Waals surface area contributed by atoms with Crippen molar-refractivity contribution in [1.82, 2.24) is 0 Å². The van der Waals surface area contributed by atoms with E-state index in [0.717, 1.165) is 6.07 Å². The number of aliphatic carboxylic acids is 1. The SMILES string of the molecule is COc1cc([N+](=O)[O-])ccc1NC(=O)C(C)C(=O)O. The fourth-order valence-electron chi connectivity index (χ4n) is 1.25. The zero-order valence-electron chi connectivity index (χ0n) is 10.2. The number of hydrogen-bond donors (Lipinski definition) is 2. The number of carbonyl (C=O) groups excluding carboxylic acids is 1. The molecule has 0 spiro atoms. The number of carbonyl (C=O) groups is 2. The summed E-state index contributed by atoms with van der Waals surface area (Å²) >= 11 is 0. The molecule has 8 nitrogen and oxygen atoms in total. The summed E-state index contributed by atoms with van der Waals surface area (Å²) in [5, 5.41) is 21.6. The van der Waals surface area contributed by atoms with E-state index in [1.807, 2.05) is 0 Å². The molecule has 0 bridgehead atoms. The van der Waals surface area contributed by atoms with Crippen molar-refractivity contribution < 1.29 is 24.4 Å². The molecule has 0 heterocycles. The number of anilines is 1. The number of hydrogen-bond acceptors (Lipinski definition) is 5. The Morgan fingerprint density at radius 1 is 1.47 bits per heavy atom. The minimum absolute atomic E-state index is 0.0835. The first-order valence-electron chi connectivity index (χ1n) is 5.23. The minimum Gasteiger partial charge on any atom is -0.494 e. The lowest BCUT2D eigenvalue weighted by atomic mass is 10.1. The van der Waals surface area contributed by atoms with Crippen molar-refractivity contribution in [3.63, 3.8) is 0 Å². The standard InChI is InChI=1S/C11H12N2O6/c1-6(11(15)16)10(14)12-8-4-3-7(13(17)18)5-9(8)19-2/h3-6H,1-2H3,(H,12,14)(H,15,16). The van der Waals surface area contributed by atoms with Gasteiger partial charge in [0.15, 0.2) is 0 Å². The van der Waals surface area contributed by atoms with Gasteiger partial charge in [-0.2, -0.15) is 0 Å². The molecule has 1 unspecified atom stereocenters. The Kier molecular flexibility index (Phi) is 4.41. The van der Waals surface area contributed by atoms with E-state index in [2.05, 4.69) is 5.32 Å². The van der Waals surface area contributed by atoms with Crippen LogP contribution in [0.2, 0.25) is 0 Å². The fourth-order valence-corrected chi connectivity index (χ4v) is 1.25. The largest absolute Gasteiger partial charge is 0.494 e. The number of nitro benzene ring substituents is 1. The fraction of sp³-hybridized carbons (Fsp3) is 0.273. The molecule has 0 aliphatic carbocycles. The molecule has 2 N–H and O–H groups in total. The summed E-state index contributed by atoms with van der Waals surface area (Å²) in [5.41, 5.74) is -0.0210. The van der Waals surface area contributed by atoms with Gasteiger partial charge in [-0.15, -0.1) is 0 Å². The lowest BCUT2D eigenvalue weighted by Crippen LogP contribution is -2.27. The number of methoxy groups -OCH3 is 1. The van der Waals surface area contributed by atoms with Gasteiger partial charge >= 0.3 is 5.97 Å². The molecule has 1 rings (SSSR count). The van der Waals surface area contributed by atoms with Gasteiger partial charge in [0, 0.05) is 6.07 Å². The highest BCUT2D eigenvalue weighted by Crippen LogP contribution is 2.29. The van der Waals surface area contributed by atoms with Gasteiger partial charge in [-0.05, 0) is 13.0 Å². The lowest BCUT2D eigenvalue weighted by Gasteiger charge is -2.11. The van der Waals surface area contributed by atoms with Crippen molar-refractivity contribution in [1.29, 1.82) is 0 Å². The van der Waals surface area contributed by atoms with Crippen LogP contribution >= 0.6 is 0 Å². The zero-order valence-corrected chi connectivity index (χ0v) is 10.2. The molecule has 1 aromatic rings. The van der Waals surface area contributed by atoms with Crippen molar-refractivity contribution in [3.8, 4) is 5.75 Å². The zero-order chi connectivity index (χ0) is 14.6. The van der Waals surface area contributed by atoms with Crippen molar-refractivity contribution in [2.75, 3.05) is 12.4 Å². The molecule has 1 amide bonds. The van der Waals surface area contributed by atoms with Crippen LogP contribution in [0.3, 0.4) is 0 Å². The molecule has 8 heteroatoms. The number of non-ortho nitro benzene ring substituents is 1. The van der Waals surface area contributed by atoms with Crippen LogP contribution in [0.4, 0.5) is 11.4 Å². The summed E-state index contributed by atoms with van der Waals surface area (Å²) in [4.78, 5) is 32.2. The summed E-state index contributed by atoms with van der Waals surface area (Å²) in [6.07, 6.45) is 0. The number of carboxylic acids is 1. The van der Waals surface area contributed by atoms with Gasteiger partial charge in [-0.1, -0.05) is 0 Å². The molecule has 0 saturated heterocycles. The van der Waals surface area contributed by atoms with Crippen LogP contribution in [0.1, 0.15) is 6.92 Å². The van der Waals surface area contributed by atoms with Crippen LogP contribution in [0, 0.1) is 16.0 Å². The molecule has 102 valence electrons. The maximum Gasteiger partial charge on any atom is 0.315 e. The second-order valence-electron chi connectivity index (χ2n) is 3.69. The monoisotopic (exact) mass is 268 g/mol. The molecule has 0 saturated carbocycles. The average molecular weight is 268 g/mol. The highest BCUT2D eigenvalue weighted by Gasteiger charge is 2.22. The van der Waals surface area contributed by atoms with E-state index in [1.165, 1.54) is 26.2 Å². The van der Waals surface area contributed by atoms with Crippen molar-refractivity contribution >= 4 is 23.3 Å². The smallest absolute Gasteiger partial charge is 0.315 e. The van der Waals surface area contributed by atoms with Gasteiger partial charge in [0.25, 0.3) is 5.69 Å². The predicted octanol–water partition coefficient (Wildman–Crippen LogP) is 1.26. The number of carboxylic acid groups (broad SMARTS) is 1. The molecular formula is C11H12N2O6. The van der Waals surface area contributed by atoms with Crippen LogP contribution in [-0.4, -0.2) is 29.0 Å². The number of nitrogens with one attached hydrogen (secondary N) is 1.